The van der Waals surface area contributed by atoms with Gasteiger partial charge in [-0.05, 0) is 55.0 Å². The van der Waals surface area contributed by atoms with E-state index in [0.29, 0.717) is 25.9 Å². The van der Waals surface area contributed by atoms with Gasteiger partial charge in [-0.2, -0.15) is 0 Å². The van der Waals surface area contributed by atoms with E-state index in [0.717, 1.165) is 29.5 Å². The summed E-state index contributed by atoms with van der Waals surface area (Å²) in [6.45, 7) is 8.50. The standard InChI is InChI=1S/C32H41N5O5/c1-6-18(4)27-29(39)36-12-8-11-25(36)32(41)37(27)30(40)31(42-32,17(2)3)34-28(38)20-13-22-21-9-7-10-23-26(21)19(15-33-23)14-24(22)35(5)16-20/h7,9-10,13,15,17-18,20,24-25,27,33,41H,6,8,11-12,14,16H2,1-5H3,(H,34,38)/t18?,20-,24-,25+,27+,31-,32+/m1/s1. The Hall–Kier alpha value is -3.21. The third kappa shape index (κ3) is 3.58. The van der Waals surface area contributed by atoms with Gasteiger partial charge >= 0.3 is 0 Å². The maximum Gasteiger partial charge on any atom is 0.281 e. The van der Waals surface area contributed by atoms with Crippen LogP contribution in [-0.2, 0) is 25.5 Å². The minimum atomic E-state index is -2.01. The zero-order valence-electron chi connectivity index (χ0n) is 25.0. The molecule has 5 aliphatic rings. The summed E-state index contributed by atoms with van der Waals surface area (Å²) < 4.78 is 6.45. The summed E-state index contributed by atoms with van der Waals surface area (Å²) in [4.78, 5) is 50.8. The quantitative estimate of drug-likeness (QED) is 0.504. The molecule has 2 aromatic rings. The van der Waals surface area contributed by atoms with Gasteiger partial charge in [-0.1, -0.05) is 52.3 Å². The number of rotatable bonds is 5. The molecule has 1 aliphatic carbocycles. The Morgan fingerprint density at radius 2 is 2.05 bits per heavy atom. The summed E-state index contributed by atoms with van der Waals surface area (Å²) in [5.41, 5.74) is 2.79. The molecule has 0 radical (unpaired) electrons. The number of hydrogen-bond donors (Lipinski definition) is 3. The molecule has 10 nitrogen and oxygen atoms in total. The Balaban J connectivity index is 1.25. The van der Waals surface area contributed by atoms with Crippen molar-refractivity contribution in [2.75, 3.05) is 20.1 Å². The third-order valence-corrected chi connectivity index (χ3v) is 10.6. The second-order valence-electron chi connectivity index (χ2n) is 13.3. The van der Waals surface area contributed by atoms with Crippen LogP contribution in [0.3, 0.4) is 0 Å². The van der Waals surface area contributed by atoms with Gasteiger partial charge in [0.05, 0.1) is 5.92 Å². The highest BCUT2D eigenvalue weighted by atomic mass is 16.7. The number of ether oxygens (including phenoxy) is 1. The van der Waals surface area contributed by atoms with Gasteiger partial charge in [-0.15, -0.1) is 0 Å². The maximum atomic E-state index is 14.4. The zero-order valence-corrected chi connectivity index (χ0v) is 25.0. The van der Waals surface area contributed by atoms with Gasteiger partial charge in [0, 0.05) is 42.1 Å². The molecular formula is C32H41N5O5. The molecular weight excluding hydrogens is 534 g/mol. The molecule has 224 valence electrons. The van der Waals surface area contributed by atoms with E-state index in [1.807, 2.05) is 46.9 Å². The topological polar surface area (TPSA) is 118 Å². The summed E-state index contributed by atoms with van der Waals surface area (Å²) >= 11 is 0. The van der Waals surface area contributed by atoms with Gasteiger partial charge in [0.25, 0.3) is 11.8 Å². The normalized spacial score (nSPS) is 34.9. The molecule has 3 N–H and O–H groups in total. The highest BCUT2D eigenvalue weighted by molar-refractivity contribution is 6.01. The predicted molar refractivity (Wildman–Crippen MR) is 156 cm³/mol. The summed E-state index contributed by atoms with van der Waals surface area (Å²) in [5, 5.41) is 16.4. The van der Waals surface area contributed by atoms with Crippen LogP contribution in [0.15, 0.2) is 30.5 Å². The van der Waals surface area contributed by atoms with Crippen LogP contribution in [0.1, 0.15) is 58.1 Å². The first-order valence-corrected chi connectivity index (χ1v) is 15.4. The van der Waals surface area contributed by atoms with Crippen molar-refractivity contribution in [1.29, 1.82) is 0 Å². The van der Waals surface area contributed by atoms with Gasteiger partial charge in [0.1, 0.15) is 12.1 Å². The molecule has 3 amide bonds. The molecule has 10 heteroatoms. The molecule has 7 atom stereocenters. The van der Waals surface area contributed by atoms with Crippen molar-refractivity contribution in [2.45, 2.75) is 83.1 Å². The van der Waals surface area contributed by atoms with Crippen molar-refractivity contribution in [2.24, 2.45) is 17.8 Å². The number of carbonyl (C=O) groups excluding carboxylic acids is 3. The molecule has 1 unspecified atom stereocenters. The van der Waals surface area contributed by atoms with E-state index < -0.39 is 41.5 Å². The fraction of sp³-hybridized carbons (Fsp3) is 0.594. The first kappa shape index (κ1) is 27.6. The van der Waals surface area contributed by atoms with E-state index in [1.165, 1.54) is 15.8 Å². The lowest BCUT2D eigenvalue weighted by Gasteiger charge is -2.50. The van der Waals surface area contributed by atoms with E-state index in [1.54, 1.807) is 4.90 Å². The number of nitrogens with zero attached hydrogens (tertiary/aromatic N) is 3. The predicted octanol–water partition coefficient (Wildman–Crippen LogP) is 2.43. The molecule has 4 aliphatic heterocycles. The molecule has 3 saturated heterocycles. The molecule has 7 rings (SSSR count). The van der Waals surface area contributed by atoms with Crippen LogP contribution < -0.4 is 5.32 Å². The van der Waals surface area contributed by atoms with Crippen LogP contribution in [0.5, 0.6) is 0 Å². The van der Waals surface area contributed by atoms with Crippen LogP contribution in [0, 0.1) is 17.8 Å². The molecule has 0 bridgehead atoms. The Labute approximate surface area is 246 Å². The van der Waals surface area contributed by atoms with E-state index >= 15 is 0 Å². The molecule has 1 aromatic carbocycles. The van der Waals surface area contributed by atoms with Crippen LogP contribution in [-0.4, -0.2) is 92.4 Å². The van der Waals surface area contributed by atoms with Crippen molar-refractivity contribution < 1.29 is 24.2 Å². The Morgan fingerprint density at radius 1 is 1.26 bits per heavy atom. The summed E-state index contributed by atoms with van der Waals surface area (Å²) in [6, 6.07) is 4.82. The van der Waals surface area contributed by atoms with Crippen molar-refractivity contribution in [3.05, 3.63) is 41.6 Å². The summed E-state index contributed by atoms with van der Waals surface area (Å²) in [6.07, 6.45) is 6.87. The summed E-state index contributed by atoms with van der Waals surface area (Å²) in [7, 11) is 2.03. The largest absolute Gasteiger partial charge is 0.361 e. The Bertz CT molecular complexity index is 1520. The number of aliphatic hydroxyl groups is 1. The SMILES string of the molecule is CCC(C)[C@H]1C(=O)N2CCC[C@H]2[C@]2(O)O[C@](NC(=O)[C@@H]3C=C4c5cccc6[nH]cc(c56)C[C@H]4N(C)C3)(C(C)C)C(=O)N12. The highest BCUT2D eigenvalue weighted by Gasteiger charge is 2.72. The first-order valence-electron chi connectivity index (χ1n) is 15.4. The third-order valence-electron chi connectivity index (χ3n) is 10.6. The lowest BCUT2D eigenvalue weighted by atomic mass is 9.79. The fourth-order valence-corrected chi connectivity index (χ4v) is 8.11. The molecule has 3 fully saturated rings. The highest BCUT2D eigenvalue weighted by Crippen LogP contribution is 2.49. The number of carbonyl (C=O) groups is 3. The van der Waals surface area contributed by atoms with Gasteiger partial charge in [0.15, 0.2) is 0 Å². The van der Waals surface area contributed by atoms with Gasteiger partial charge in [0.2, 0.25) is 17.5 Å². The number of hydrogen-bond acceptors (Lipinski definition) is 6. The molecule has 42 heavy (non-hydrogen) atoms. The molecule has 0 saturated carbocycles. The molecule has 5 heterocycles. The van der Waals surface area contributed by atoms with Gasteiger partial charge in [-0.3, -0.25) is 28.9 Å². The van der Waals surface area contributed by atoms with Crippen molar-refractivity contribution in [1.82, 2.24) is 25.0 Å². The lowest BCUT2D eigenvalue weighted by Crippen LogP contribution is -2.72. The number of piperazine rings is 1. The Morgan fingerprint density at radius 3 is 2.79 bits per heavy atom. The minimum absolute atomic E-state index is 0.150. The Kier molecular flexibility index (Phi) is 6.18. The average molecular weight is 576 g/mol. The van der Waals surface area contributed by atoms with E-state index in [2.05, 4.69) is 33.5 Å². The van der Waals surface area contributed by atoms with Gasteiger partial charge < -0.3 is 20.3 Å². The van der Waals surface area contributed by atoms with Crippen molar-refractivity contribution in [3.63, 3.8) is 0 Å². The zero-order chi connectivity index (χ0) is 29.7. The van der Waals surface area contributed by atoms with E-state index in [-0.39, 0.29) is 23.8 Å². The van der Waals surface area contributed by atoms with E-state index in [4.69, 9.17) is 4.74 Å². The number of aromatic amines is 1. The number of amides is 3. The number of likely N-dealkylation sites (N-methyl/N-ethyl adjacent to an activating group) is 1. The maximum absolute atomic E-state index is 14.4. The van der Waals surface area contributed by atoms with Gasteiger partial charge in [-0.25, -0.2) is 0 Å². The van der Waals surface area contributed by atoms with Crippen LogP contribution in [0.4, 0.5) is 0 Å². The van der Waals surface area contributed by atoms with Crippen LogP contribution >= 0.6 is 0 Å². The van der Waals surface area contributed by atoms with E-state index in [9.17, 15) is 19.5 Å². The van der Waals surface area contributed by atoms with Crippen molar-refractivity contribution >= 4 is 34.2 Å². The summed E-state index contributed by atoms with van der Waals surface area (Å²) in [5.74, 6) is -4.28. The fourth-order valence-electron chi connectivity index (χ4n) is 8.11. The average Bonchev–Trinajstić information content (AvgIpc) is 3.68. The second-order valence-corrected chi connectivity index (χ2v) is 13.3. The van der Waals surface area contributed by atoms with Crippen LogP contribution in [0.2, 0.25) is 0 Å². The van der Waals surface area contributed by atoms with Crippen molar-refractivity contribution in [3.8, 4) is 0 Å². The second kappa shape index (κ2) is 9.39. The minimum Gasteiger partial charge on any atom is -0.361 e. The monoisotopic (exact) mass is 575 g/mol. The number of fused-ring (bicyclic) bond motifs is 5. The molecule has 0 spiro atoms. The number of benzene rings is 1. The number of H-pyrrole nitrogens is 1. The first-order chi connectivity index (χ1) is 20.0. The van der Waals surface area contributed by atoms with Crippen LogP contribution in [0.25, 0.3) is 16.5 Å². The smallest absolute Gasteiger partial charge is 0.281 e. The molecule has 1 aromatic heterocycles. The lowest BCUT2D eigenvalue weighted by molar-refractivity contribution is -0.324. The number of nitrogens with one attached hydrogen (secondary N) is 2. The number of aromatic nitrogens is 1.